The van der Waals surface area contributed by atoms with Crippen LogP contribution in [0.4, 0.5) is 4.39 Å². The standard InChI is InChI=1S/C14H10ClFO3/c1-19-13-7-8(2-3-12(13)15)9-4-10(14(17)18)6-11(16)5-9/h2-7H,1H3,(H,17,18). The average Bonchev–Trinajstić information content (AvgIpc) is 2.38. The van der Waals surface area contributed by atoms with E-state index in [-0.39, 0.29) is 5.56 Å². The number of benzene rings is 2. The van der Waals surface area contributed by atoms with Gasteiger partial charge in [-0.05, 0) is 41.5 Å². The lowest BCUT2D eigenvalue weighted by atomic mass is 10.0. The van der Waals surface area contributed by atoms with E-state index in [1.807, 2.05) is 0 Å². The number of carboxylic acid groups (broad SMARTS) is 1. The molecule has 0 heterocycles. The lowest BCUT2D eigenvalue weighted by Gasteiger charge is -2.08. The third-order valence-corrected chi connectivity index (χ3v) is 2.94. The summed E-state index contributed by atoms with van der Waals surface area (Å²) in [7, 11) is 1.47. The Morgan fingerprint density at radius 2 is 1.95 bits per heavy atom. The molecule has 0 fully saturated rings. The molecule has 0 aliphatic heterocycles. The first kappa shape index (κ1) is 13.4. The van der Waals surface area contributed by atoms with Crippen LogP contribution >= 0.6 is 11.6 Å². The van der Waals surface area contributed by atoms with Crippen LogP contribution in [0, 0.1) is 5.82 Å². The van der Waals surface area contributed by atoms with Gasteiger partial charge in [-0.1, -0.05) is 17.7 Å². The molecule has 0 radical (unpaired) electrons. The first-order valence-electron chi connectivity index (χ1n) is 5.39. The lowest BCUT2D eigenvalue weighted by molar-refractivity contribution is 0.0696. The second kappa shape index (κ2) is 5.28. The molecule has 2 rings (SSSR count). The summed E-state index contributed by atoms with van der Waals surface area (Å²) >= 11 is 5.90. The van der Waals surface area contributed by atoms with Gasteiger partial charge in [-0.3, -0.25) is 0 Å². The molecule has 3 nitrogen and oxygen atoms in total. The van der Waals surface area contributed by atoms with Gasteiger partial charge in [-0.15, -0.1) is 0 Å². The van der Waals surface area contributed by atoms with Crippen molar-refractivity contribution in [3.05, 3.63) is 52.8 Å². The minimum atomic E-state index is -1.18. The highest BCUT2D eigenvalue weighted by atomic mass is 35.5. The summed E-state index contributed by atoms with van der Waals surface area (Å²) < 4.78 is 18.5. The van der Waals surface area contributed by atoms with Crippen LogP contribution in [0.2, 0.25) is 5.02 Å². The van der Waals surface area contributed by atoms with E-state index in [0.717, 1.165) is 6.07 Å². The van der Waals surface area contributed by atoms with E-state index < -0.39 is 11.8 Å². The van der Waals surface area contributed by atoms with Crippen molar-refractivity contribution < 1.29 is 19.0 Å². The zero-order valence-electron chi connectivity index (χ0n) is 9.98. The summed E-state index contributed by atoms with van der Waals surface area (Å²) in [5, 5.41) is 9.34. The van der Waals surface area contributed by atoms with Crippen LogP contribution < -0.4 is 4.74 Å². The topological polar surface area (TPSA) is 46.5 Å². The summed E-state index contributed by atoms with van der Waals surface area (Å²) in [6.07, 6.45) is 0. The van der Waals surface area contributed by atoms with Crippen LogP contribution in [0.25, 0.3) is 11.1 Å². The molecule has 0 unspecified atom stereocenters. The highest BCUT2D eigenvalue weighted by Crippen LogP contribution is 2.31. The Morgan fingerprint density at radius 1 is 1.21 bits per heavy atom. The number of carbonyl (C=O) groups is 1. The number of ether oxygens (including phenoxy) is 1. The SMILES string of the molecule is COc1cc(-c2cc(F)cc(C(=O)O)c2)ccc1Cl. The summed E-state index contributed by atoms with van der Waals surface area (Å²) in [5.74, 6) is -1.34. The smallest absolute Gasteiger partial charge is 0.335 e. The number of halogens is 2. The summed E-state index contributed by atoms with van der Waals surface area (Å²) in [6, 6.07) is 8.54. The number of rotatable bonds is 3. The van der Waals surface area contributed by atoms with Crippen molar-refractivity contribution in [2.24, 2.45) is 0 Å². The monoisotopic (exact) mass is 280 g/mol. The largest absolute Gasteiger partial charge is 0.495 e. The van der Waals surface area contributed by atoms with E-state index in [1.165, 1.54) is 19.2 Å². The molecule has 2 aromatic carbocycles. The number of hydrogen-bond donors (Lipinski definition) is 1. The van der Waals surface area contributed by atoms with Gasteiger partial charge in [0.2, 0.25) is 0 Å². The first-order chi connectivity index (χ1) is 9.01. The third-order valence-electron chi connectivity index (χ3n) is 2.63. The van der Waals surface area contributed by atoms with Crippen LogP contribution in [0.1, 0.15) is 10.4 Å². The van der Waals surface area contributed by atoms with E-state index in [4.69, 9.17) is 21.4 Å². The van der Waals surface area contributed by atoms with E-state index in [1.54, 1.807) is 18.2 Å². The number of hydrogen-bond acceptors (Lipinski definition) is 2. The number of methoxy groups -OCH3 is 1. The van der Waals surface area contributed by atoms with Gasteiger partial charge in [-0.2, -0.15) is 0 Å². The molecule has 19 heavy (non-hydrogen) atoms. The second-order valence-corrected chi connectivity index (χ2v) is 4.29. The summed E-state index contributed by atoms with van der Waals surface area (Å²) in [5.41, 5.74) is 0.972. The van der Waals surface area contributed by atoms with Crippen molar-refractivity contribution >= 4 is 17.6 Å². The molecular weight excluding hydrogens is 271 g/mol. The molecule has 0 bridgehead atoms. The molecule has 0 saturated heterocycles. The number of carboxylic acids is 1. The fourth-order valence-electron chi connectivity index (χ4n) is 1.72. The molecular formula is C14H10ClFO3. The molecule has 0 aromatic heterocycles. The Bertz CT molecular complexity index is 641. The van der Waals surface area contributed by atoms with Crippen molar-refractivity contribution in [3.8, 4) is 16.9 Å². The summed E-state index contributed by atoms with van der Waals surface area (Å²) in [4.78, 5) is 10.9. The van der Waals surface area contributed by atoms with Gasteiger partial charge in [0.15, 0.2) is 0 Å². The predicted molar refractivity (Wildman–Crippen MR) is 70.4 cm³/mol. The Hall–Kier alpha value is -2.07. The van der Waals surface area contributed by atoms with Gasteiger partial charge >= 0.3 is 5.97 Å². The highest BCUT2D eigenvalue weighted by molar-refractivity contribution is 6.32. The van der Waals surface area contributed by atoms with Crippen LogP contribution in [0.3, 0.4) is 0 Å². The Kier molecular flexibility index (Phi) is 3.71. The maximum absolute atomic E-state index is 13.4. The zero-order valence-corrected chi connectivity index (χ0v) is 10.7. The molecule has 0 saturated carbocycles. The normalized spacial score (nSPS) is 10.3. The van der Waals surface area contributed by atoms with E-state index >= 15 is 0 Å². The number of aromatic carboxylic acids is 1. The van der Waals surface area contributed by atoms with Crippen molar-refractivity contribution in [2.45, 2.75) is 0 Å². The Labute approximate surface area is 114 Å². The highest BCUT2D eigenvalue weighted by Gasteiger charge is 2.10. The molecule has 2 aromatic rings. The van der Waals surface area contributed by atoms with Crippen molar-refractivity contribution in [3.63, 3.8) is 0 Å². The Balaban J connectivity index is 2.55. The van der Waals surface area contributed by atoms with Crippen LogP contribution in [0.15, 0.2) is 36.4 Å². The van der Waals surface area contributed by atoms with Gasteiger partial charge < -0.3 is 9.84 Å². The molecule has 0 atom stereocenters. The van der Waals surface area contributed by atoms with Crippen molar-refractivity contribution in [1.29, 1.82) is 0 Å². The molecule has 1 N–H and O–H groups in total. The van der Waals surface area contributed by atoms with Crippen LogP contribution in [-0.4, -0.2) is 18.2 Å². The minimum Gasteiger partial charge on any atom is -0.495 e. The van der Waals surface area contributed by atoms with Gasteiger partial charge in [0.1, 0.15) is 11.6 Å². The van der Waals surface area contributed by atoms with E-state index in [0.29, 0.717) is 21.9 Å². The molecule has 0 aliphatic rings. The molecule has 98 valence electrons. The van der Waals surface area contributed by atoms with Gasteiger partial charge in [0.05, 0.1) is 17.7 Å². The van der Waals surface area contributed by atoms with Gasteiger partial charge in [0, 0.05) is 0 Å². The lowest BCUT2D eigenvalue weighted by Crippen LogP contribution is -1.97. The Morgan fingerprint density at radius 3 is 2.58 bits per heavy atom. The van der Waals surface area contributed by atoms with E-state index in [9.17, 15) is 9.18 Å². The first-order valence-corrected chi connectivity index (χ1v) is 5.77. The van der Waals surface area contributed by atoms with Gasteiger partial charge in [-0.25, -0.2) is 9.18 Å². The maximum atomic E-state index is 13.4. The zero-order chi connectivity index (χ0) is 14.0. The average molecular weight is 281 g/mol. The molecule has 0 spiro atoms. The van der Waals surface area contributed by atoms with Crippen molar-refractivity contribution in [2.75, 3.05) is 7.11 Å². The molecule has 0 amide bonds. The van der Waals surface area contributed by atoms with Crippen LogP contribution in [-0.2, 0) is 0 Å². The fourth-order valence-corrected chi connectivity index (χ4v) is 1.91. The fraction of sp³-hybridized carbons (Fsp3) is 0.0714. The van der Waals surface area contributed by atoms with Gasteiger partial charge in [0.25, 0.3) is 0 Å². The molecule has 5 heteroatoms. The maximum Gasteiger partial charge on any atom is 0.335 e. The van der Waals surface area contributed by atoms with Crippen LogP contribution in [0.5, 0.6) is 5.75 Å². The van der Waals surface area contributed by atoms with E-state index in [2.05, 4.69) is 0 Å². The quantitative estimate of drug-likeness (QED) is 0.929. The molecule has 0 aliphatic carbocycles. The third kappa shape index (κ3) is 2.85. The van der Waals surface area contributed by atoms with Crippen molar-refractivity contribution in [1.82, 2.24) is 0 Å². The minimum absolute atomic E-state index is 0.107. The summed E-state index contributed by atoms with van der Waals surface area (Å²) in [6.45, 7) is 0. The second-order valence-electron chi connectivity index (χ2n) is 3.88. The predicted octanol–water partition coefficient (Wildman–Crippen LogP) is 3.85.